The predicted octanol–water partition coefficient (Wildman–Crippen LogP) is 1.51. The molecule has 2 fully saturated rings. The van der Waals surface area contributed by atoms with E-state index in [0.29, 0.717) is 50.4 Å². The van der Waals surface area contributed by atoms with Crippen molar-refractivity contribution in [2.45, 2.75) is 31.5 Å². The molecule has 10 nitrogen and oxygen atoms in total. The lowest BCUT2D eigenvalue weighted by atomic mass is 10.1. The molecule has 170 valence electrons. The Labute approximate surface area is 187 Å². The maximum Gasteiger partial charge on any atom is 0.224 e. The Balaban J connectivity index is 1.45. The van der Waals surface area contributed by atoms with Gasteiger partial charge in [0.15, 0.2) is 0 Å². The van der Waals surface area contributed by atoms with Crippen LogP contribution in [0.5, 0.6) is 17.4 Å². The van der Waals surface area contributed by atoms with Crippen LogP contribution < -0.4 is 14.4 Å². The fraction of sp³-hybridized carbons (Fsp3) is 0.476. The van der Waals surface area contributed by atoms with Crippen molar-refractivity contribution in [1.29, 1.82) is 5.26 Å². The van der Waals surface area contributed by atoms with Gasteiger partial charge in [0.2, 0.25) is 15.9 Å². The summed E-state index contributed by atoms with van der Waals surface area (Å²) in [5.74, 6) is 1.10. The maximum absolute atomic E-state index is 11.7. The van der Waals surface area contributed by atoms with Gasteiger partial charge in [-0.15, -0.1) is 0 Å². The summed E-state index contributed by atoms with van der Waals surface area (Å²) >= 11 is 0. The highest BCUT2D eigenvalue weighted by atomic mass is 32.2. The molecule has 2 aromatic rings. The van der Waals surface area contributed by atoms with Crippen LogP contribution in [-0.2, 0) is 10.0 Å². The molecule has 0 aliphatic carbocycles. The monoisotopic (exact) mass is 459 g/mol. The van der Waals surface area contributed by atoms with Crippen LogP contribution in [0.1, 0.15) is 25.0 Å². The third-order valence-corrected chi connectivity index (χ3v) is 6.82. The quantitative estimate of drug-likeness (QED) is 0.683. The Morgan fingerprint density at radius 2 is 1.91 bits per heavy atom. The molecule has 11 heteroatoms. The molecule has 1 unspecified atom stereocenters. The lowest BCUT2D eigenvalue weighted by Gasteiger charge is -2.30. The first kappa shape index (κ1) is 22.3. The maximum atomic E-state index is 11.7. The van der Waals surface area contributed by atoms with E-state index < -0.39 is 10.0 Å². The van der Waals surface area contributed by atoms with E-state index in [2.05, 4.69) is 9.97 Å². The van der Waals surface area contributed by atoms with Crippen LogP contribution >= 0.6 is 0 Å². The summed E-state index contributed by atoms with van der Waals surface area (Å²) in [5.41, 5.74) is 0.988. The molecule has 2 aromatic heterocycles. The molecule has 2 saturated heterocycles. The van der Waals surface area contributed by atoms with Crippen molar-refractivity contribution in [3.05, 3.63) is 36.3 Å². The smallest absolute Gasteiger partial charge is 0.224 e. The fourth-order valence-corrected chi connectivity index (χ4v) is 4.74. The summed E-state index contributed by atoms with van der Waals surface area (Å²) in [6.07, 6.45) is 5.77. The molecular formula is C21H25N5O5S. The van der Waals surface area contributed by atoms with E-state index in [-0.39, 0.29) is 23.8 Å². The number of hydrogen-bond acceptors (Lipinski definition) is 9. The summed E-state index contributed by atoms with van der Waals surface area (Å²) in [6.45, 7) is 2.08. The molecule has 2 aliphatic heterocycles. The number of pyridine rings is 2. The molecule has 4 rings (SSSR count). The zero-order chi connectivity index (χ0) is 22.7. The molecule has 2 aliphatic rings. The molecule has 1 N–H and O–H groups in total. The standard InChI is InChI=1S/C21H25N5O5S/c1-32(28,29)26-6-3-18(4-7-26)30-19-8-15(11-22)24-21(10-19)31-20-9-16(12-23-13-20)25-5-2-17(27)14-25/h8-10,12-13,17-18,27H,2-7,14H2,1H3. The molecule has 0 radical (unpaired) electrons. The molecular weight excluding hydrogens is 434 g/mol. The van der Waals surface area contributed by atoms with Gasteiger partial charge < -0.3 is 19.5 Å². The second kappa shape index (κ2) is 9.28. The number of nitriles is 1. The number of hydrogen-bond donors (Lipinski definition) is 1. The number of aliphatic hydroxyl groups excluding tert-OH is 1. The lowest BCUT2D eigenvalue weighted by Crippen LogP contribution is -2.41. The third kappa shape index (κ3) is 5.45. The van der Waals surface area contributed by atoms with Crippen LogP contribution in [0.15, 0.2) is 30.6 Å². The van der Waals surface area contributed by atoms with Gasteiger partial charge in [-0.3, -0.25) is 4.98 Å². The number of β-amino-alcohol motifs (C(OH)–C–C–N with tert-alkyl or cyclic N) is 1. The first-order valence-corrected chi connectivity index (χ1v) is 12.2. The molecule has 0 aromatic carbocycles. The van der Waals surface area contributed by atoms with Gasteiger partial charge in [0.25, 0.3) is 0 Å². The van der Waals surface area contributed by atoms with Crippen molar-refractivity contribution in [2.75, 3.05) is 37.3 Å². The molecule has 4 heterocycles. The predicted molar refractivity (Wildman–Crippen MR) is 116 cm³/mol. The molecule has 0 spiro atoms. The van der Waals surface area contributed by atoms with E-state index in [4.69, 9.17) is 9.47 Å². The first-order valence-electron chi connectivity index (χ1n) is 10.4. The Hall–Kier alpha value is -2.94. The van der Waals surface area contributed by atoms with Crippen molar-refractivity contribution >= 4 is 15.7 Å². The van der Waals surface area contributed by atoms with Crippen molar-refractivity contribution in [1.82, 2.24) is 14.3 Å². The molecule has 0 amide bonds. The second-order valence-electron chi connectivity index (χ2n) is 7.99. The first-order chi connectivity index (χ1) is 15.3. The third-order valence-electron chi connectivity index (χ3n) is 5.51. The number of ether oxygens (including phenoxy) is 2. The largest absolute Gasteiger partial charge is 0.490 e. The summed E-state index contributed by atoms with van der Waals surface area (Å²) in [5, 5.41) is 19.1. The number of aliphatic hydroxyl groups is 1. The number of rotatable bonds is 6. The van der Waals surface area contributed by atoms with E-state index in [0.717, 1.165) is 12.2 Å². The number of nitrogens with zero attached hydrogens (tertiary/aromatic N) is 5. The van der Waals surface area contributed by atoms with Crippen molar-refractivity contribution in [3.63, 3.8) is 0 Å². The minimum atomic E-state index is -3.21. The number of aromatic nitrogens is 2. The Morgan fingerprint density at radius 3 is 2.56 bits per heavy atom. The van der Waals surface area contributed by atoms with E-state index in [1.54, 1.807) is 18.5 Å². The van der Waals surface area contributed by atoms with E-state index in [1.165, 1.54) is 16.6 Å². The summed E-state index contributed by atoms with van der Waals surface area (Å²) in [4.78, 5) is 10.4. The van der Waals surface area contributed by atoms with Gasteiger partial charge in [0.1, 0.15) is 29.4 Å². The fourth-order valence-electron chi connectivity index (χ4n) is 3.87. The summed E-state index contributed by atoms with van der Waals surface area (Å²) in [6, 6.07) is 6.97. The van der Waals surface area contributed by atoms with E-state index in [9.17, 15) is 18.8 Å². The van der Waals surface area contributed by atoms with Crippen molar-refractivity contribution in [2.24, 2.45) is 0 Å². The van der Waals surface area contributed by atoms with Crippen LogP contribution in [0.4, 0.5) is 5.69 Å². The highest BCUT2D eigenvalue weighted by Gasteiger charge is 2.26. The summed E-state index contributed by atoms with van der Waals surface area (Å²) in [7, 11) is -3.21. The highest BCUT2D eigenvalue weighted by molar-refractivity contribution is 7.88. The van der Waals surface area contributed by atoms with Gasteiger partial charge in [-0.2, -0.15) is 5.26 Å². The highest BCUT2D eigenvalue weighted by Crippen LogP contribution is 2.29. The van der Waals surface area contributed by atoms with Crippen LogP contribution in [-0.4, -0.2) is 72.4 Å². The van der Waals surface area contributed by atoms with Gasteiger partial charge in [0.05, 0.1) is 30.4 Å². The number of piperidine rings is 1. The average molecular weight is 460 g/mol. The Kier molecular flexibility index (Phi) is 6.45. The van der Waals surface area contributed by atoms with Gasteiger partial charge in [0, 0.05) is 44.4 Å². The van der Waals surface area contributed by atoms with Crippen LogP contribution in [0.2, 0.25) is 0 Å². The van der Waals surface area contributed by atoms with Crippen molar-refractivity contribution in [3.8, 4) is 23.4 Å². The number of sulfonamides is 1. The zero-order valence-electron chi connectivity index (χ0n) is 17.7. The topological polar surface area (TPSA) is 129 Å². The van der Waals surface area contributed by atoms with Crippen LogP contribution in [0.3, 0.4) is 0 Å². The minimum absolute atomic E-state index is 0.151. The van der Waals surface area contributed by atoms with E-state index in [1.807, 2.05) is 17.0 Å². The van der Waals surface area contributed by atoms with Gasteiger partial charge in [-0.1, -0.05) is 0 Å². The lowest BCUT2D eigenvalue weighted by molar-refractivity contribution is 0.135. The molecule has 0 saturated carbocycles. The summed E-state index contributed by atoms with van der Waals surface area (Å²) < 4.78 is 36.7. The molecule has 1 atom stereocenters. The molecule has 32 heavy (non-hydrogen) atoms. The molecule has 0 bridgehead atoms. The normalized spacial score (nSPS) is 20.2. The van der Waals surface area contributed by atoms with Crippen molar-refractivity contribution < 1.29 is 23.0 Å². The number of anilines is 1. The minimum Gasteiger partial charge on any atom is -0.490 e. The van der Waals surface area contributed by atoms with E-state index >= 15 is 0 Å². The Bertz CT molecular complexity index is 1110. The SMILES string of the molecule is CS(=O)(=O)N1CCC(Oc2cc(C#N)nc(Oc3cncc(N4CCC(O)C4)c3)c2)CC1. The van der Waals surface area contributed by atoms with Gasteiger partial charge in [-0.05, 0) is 19.3 Å². The zero-order valence-corrected chi connectivity index (χ0v) is 18.5. The van der Waals surface area contributed by atoms with Gasteiger partial charge in [-0.25, -0.2) is 17.7 Å². The van der Waals surface area contributed by atoms with Crippen LogP contribution in [0.25, 0.3) is 0 Å². The average Bonchev–Trinajstić information content (AvgIpc) is 3.20. The Morgan fingerprint density at radius 1 is 1.12 bits per heavy atom. The van der Waals surface area contributed by atoms with Crippen LogP contribution in [0, 0.1) is 11.3 Å². The second-order valence-corrected chi connectivity index (χ2v) is 9.97. The van der Waals surface area contributed by atoms with Gasteiger partial charge >= 0.3 is 0 Å².